The van der Waals surface area contributed by atoms with Crippen LogP contribution in [0, 0.1) is 6.92 Å². The minimum absolute atomic E-state index is 0.290. The van der Waals surface area contributed by atoms with Gasteiger partial charge in [-0.05, 0) is 13.3 Å². The lowest BCUT2D eigenvalue weighted by Gasteiger charge is -2.05. The molecule has 0 saturated heterocycles. The summed E-state index contributed by atoms with van der Waals surface area (Å²) in [5.41, 5.74) is 1.76. The molecule has 0 radical (unpaired) electrons. The van der Waals surface area contributed by atoms with Gasteiger partial charge in [-0.3, -0.25) is 9.97 Å². The molecule has 0 aromatic carbocycles. The van der Waals surface area contributed by atoms with Gasteiger partial charge in [0.05, 0.1) is 17.5 Å². The highest BCUT2D eigenvalue weighted by atomic mass is 16.3. The second kappa shape index (κ2) is 4.16. The van der Waals surface area contributed by atoms with E-state index in [2.05, 4.69) is 9.97 Å². The van der Waals surface area contributed by atoms with Crippen molar-refractivity contribution in [3.63, 3.8) is 0 Å². The summed E-state index contributed by atoms with van der Waals surface area (Å²) < 4.78 is 0. The van der Waals surface area contributed by atoms with Gasteiger partial charge in [-0.2, -0.15) is 0 Å². The van der Waals surface area contributed by atoms with Gasteiger partial charge in [0, 0.05) is 18.8 Å². The third kappa shape index (κ3) is 2.58. The number of hydrogen-bond donors (Lipinski definition) is 1. The van der Waals surface area contributed by atoms with Crippen molar-refractivity contribution < 1.29 is 5.11 Å². The summed E-state index contributed by atoms with van der Waals surface area (Å²) in [6, 6.07) is 0. The van der Waals surface area contributed by atoms with Crippen LogP contribution in [0.2, 0.25) is 0 Å². The Kier molecular flexibility index (Phi) is 3.17. The minimum Gasteiger partial charge on any atom is -0.393 e. The van der Waals surface area contributed by atoms with Crippen LogP contribution in [0.25, 0.3) is 0 Å². The molecule has 1 aromatic heterocycles. The van der Waals surface area contributed by atoms with Gasteiger partial charge in [0.25, 0.3) is 0 Å². The molecule has 0 bridgehead atoms. The van der Waals surface area contributed by atoms with E-state index in [1.54, 1.807) is 12.4 Å². The third-order valence-electron chi connectivity index (χ3n) is 1.75. The van der Waals surface area contributed by atoms with Crippen molar-refractivity contribution in [3.8, 4) is 0 Å². The van der Waals surface area contributed by atoms with Crippen LogP contribution in [-0.4, -0.2) is 21.2 Å². The predicted molar refractivity (Wildman–Crippen MR) is 46.8 cm³/mol. The lowest BCUT2D eigenvalue weighted by atomic mass is 10.1. The normalized spacial score (nSPS) is 12.9. The van der Waals surface area contributed by atoms with Crippen molar-refractivity contribution in [2.45, 2.75) is 32.8 Å². The summed E-state index contributed by atoms with van der Waals surface area (Å²) in [5, 5.41) is 9.31. The number of aliphatic hydroxyl groups excluding tert-OH is 1. The Morgan fingerprint density at radius 3 is 2.67 bits per heavy atom. The number of nitrogens with zero attached hydrogens (tertiary/aromatic N) is 2. The lowest BCUT2D eigenvalue weighted by molar-refractivity contribution is 0.169. The van der Waals surface area contributed by atoms with Gasteiger partial charge in [-0.25, -0.2) is 0 Å². The molecule has 66 valence electrons. The summed E-state index contributed by atoms with van der Waals surface area (Å²) >= 11 is 0. The van der Waals surface area contributed by atoms with Gasteiger partial charge in [-0.1, -0.05) is 6.92 Å². The number of hydrogen-bond acceptors (Lipinski definition) is 3. The highest BCUT2D eigenvalue weighted by Gasteiger charge is 2.03. The zero-order chi connectivity index (χ0) is 8.97. The molecular weight excluding hydrogens is 152 g/mol. The average Bonchev–Trinajstić information content (AvgIpc) is 2.09. The zero-order valence-corrected chi connectivity index (χ0v) is 7.49. The van der Waals surface area contributed by atoms with Crippen molar-refractivity contribution in [2.75, 3.05) is 0 Å². The van der Waals surface area contributed by atoms with Crippen LogP contribution in [0.15, 0.2) is 12.4 Å². The first-order chi connectivity index (χ1) is 5.72. The summed E-state index contributed by atoms with van der Waals surface area (Å²) in [5.74, 6) is 0. The molecule has 1 atom stereocenters. The Morgan fingerprint density at radius 2 is 2.17 bits per heavy atom. The van der Waals surface area contributed by atoms with Crippen LogP contribution >= 0.6 is 0 Å². The Bertz CT molecular complexity index is 233. The molecule has 1 aromatic rings. The van der Waals surface area contributed by atoms with Crippen molar-refractivity contribution in [2.24, 2.45) is 0 Å². The smallest absolute Gasteiger partial charge is 0.0612 e. The SMILES string of the molecule is CCC(O)Cc1cnc(C)cn1. The molecular formula is C9H14N2O. The van der Waals surface area contributed by atoms with E-state index in [-0.39, 0.29) is 6.10 Å². The molecule has 0 aliphatic carbocycles. The highest BCUT2D eigenvalue weighted by molar-refractivity contribution is 5.01. The van der Waals surface area contributed by atoms with Crippen molar-refractivity contribution in [3.05, 3.63) is 23.8 Å². The summed E-state index contributed by atoms with van der Waals surface area (Å²) in [6.07, 6.45) is 4.51. The Labute approximate surface area is 72.5 Å². The molecule has 0 fully saturated rings. The molecule has 0 spiro atoms. The van der Waals surface area contributed by atoms with E-state index < -0.39 is 0 Å². The molecule has 0 saturated carbocycles. The first-order valence-corrected chi connectivity index (χ1v) is 4.18. The van der Waals surface area contributed by atoms with E-state index in [4.69, 9.17) is 0 Å². The average molecular weight is 166 g/mol. The van der Waals surface area contributed by atoms with Crippen LogP contribution in [0.1, 0.15) is 24.7 Å². The molecule has 3 nitrogen and oxygen atoms in total. The first-order valence-electron chi connectivity index (χ1n) is 4.18. The maximum absolute atomic E-state index is 9.31. The van der Waals surface area contributed by atoms with E-state index in [1.807, 2.05) is 13.8 Å². The maximum Gasteiger partial charge on any atom is 0.0612 e. The molecule has 1 unspecified atom stereocenters. The van der Waals surface area contributed by atoms with E-state index in [1.165, 1.54) is 0 Å². The fraction of sp³-hybridized carbons (Fsp3) is 0.556. The van der Waals surface area contributed by atoms with Gasteiger partial charge < -0.3 is 5.11 Å². The molecule has 1 heterocycles. The van der Waals surface area contributed by atoms with Crippen molar-refractivity contribution >= 4 is 0 Å². The van der Waals surface area contributed by atoms with Crippen LogP contribution in [0.3, 0.4) is 0 Å². The standard InChI is InChI=1S/C9H14N2O/c1-3-9(12)4-8-6-10-7(2)5-11-8/h5-6,9,12H,3-4H2,1-2H3. The second-order valence-electron chi connectivity index (χ2n) is 2.92. The Balaban J connectivity index is 2.58. The van der Waals surface area contributed by atoms with Crippen LogP contribution < -0.4 is 0 Å². The third-order valence-corrected chi connectivity index (χ3v) is 1.75. The molecule has 1 N–H and O–H groups in total. The number of aryl methyl sites for hydroxylation is 1. The lowest BCUT2D eigenvalue weighted by Crippen LogP contribution is -2.09. The number of aromatic nitrogens is 2. The Hall–Kier alpha value is -0.960. The second-order valence-corrected chi connectivity index (χ2v) is 2.92. The van der Waals surface area contributed by atoms with Crippen molar-refractivity contribution in [1.29, 1.82) is 0 Å². The summed E-state index contributed by atoms with van der Waals surface area (Å²) in [7, 11) is 0. The Morgan fingerprint density at radius 1 is 1.42 bits per heavy atom. The van der Waals surface area contributed by atoms with Crippen LogP contribution in [0.5, 0.6) is 0 Å². The monoisotopic (exact) mass is 166 g/mol. The predicted octanol–water partition coefficient (Wildman–Crippen LogP) is 1.10. The summed E-state index contributed by atoms with van der Waals surface area (Å²) in [6.45, 7) is 3.85. The van der Waals surface area contributed by atoms with Gasteiger partial charge in [0.1, 0.15) is 0 Å². The molecule has 12 heavy (non-hydrogen) atoms. The fourth-order valence-electron chi connectivity index (χ4n) is 0.910. The van der Waals surface area contributed by atoms with E-state index in [9.17, 15) is 5.11 Å². The fourth-order valence-corrected chi connectivity index (χ4v) is 0.910. The topological polar surface area (TPSA) is 46.0 Å². The highest BCUT2D eigenvalue weighted by Crippen LogP contribution is 2.01. The quantitative estimate of drug-likeness (QED) is 0.731. The number of rotatable bonds is 3. The van der Waals surface area contributed by atoms with Gasteiger partial charge >= 0.3 is 0 Å². The largest absolute Gasteiger partial charge is 0.393 e. The van der Waals surface area contributed by atoms with Gasteiger partial charge in [0.15, 0.2) is 0 Å². The van der Waals surface area contributed by atoms with Crippen LogP contribution in [-0.2, 0) is 6.42 Å². The maximum atomic E-state index is 9.31. The van der Waals surface area contributed by atoms with E-state index in [0.717, 1.165) is 17.8 Å². The molecule has 0 amide bonds. The summed E-state index contributed by atoms with van der Waals surface area (Å²) in [4.78, 5) is 8.24. The first kappa shape index (κ1) is 9.13. The zero-order valence-electron chi connectivity index (χ0n) is 7.49. The number of aliphatic hydroxyl groups is 1. The minimum atomic E-state index is -0.290. The van der Waals surface area contributed by atoms with Crippen LogP contribution in [0.4, 0.5) is 0 Å². The molecule has 0 aliphatic heterocycles. The molecule has 0 aliphatic rings. The molecule has 1 rings (SSSR count). The van der Waals surface area contributed by atoms with Crippen molar-refractivity contribution in [1.82, 2.24) is 9.97 Å². The van der Waals surface area contributed by atoms with Gasteiger partial charge in [-0.15, -0.1) is 0 Å². The van der Waals surface area contributed by atoms with Gasteiger partial charge in [0.2, 0.25) is 0 Å². The van der Waals surface area contributed by atoms with E-state index in [0.29, 0.717) is 6.42 Å². The molecule has 3 heteroatoms. The van der Waals surface area contributed by atoms with E-state index >= 15 is 0 Å².